The molecule has 240 valence electrons. The first-order valence-corrected chi connectivity index (χ1v) is 14.6. The highest BCUT2D eigenvalue weighted by atomic mass is 16.7. The van der Waals surface area contributed by atoms with E-state index in [1.165, 1.54) is 33.8 Å². The van der Waals surface area contributed by atoms with E-state index in [2.05, 4.69) is 0 Å². The lowest BCUT2D eigenvalue weighted by Crippen LogP contribution is -2.68. The van der Waals surface area contributed by atoms with Crippen LogP contribution in [0.3, 0.4) is 0 Å². The molecule has 0 radical (unpaired) electrons. The van der Waals surface area contributed by atoms with E-state index in [9.17, 15) is 34.2 Å². The summed E-state index contributed by atoms with van der Waals surface area (Å²) in [5.74, 6) is -5.44. The van der Waals surface area contributed by atoms with E-state index in [1.54, 1.807) is 20.8 Å². The van der Waals surface area contributed by atoms with Gasteiger partial charge in [0.15, 0.2) is 29.5 Å². The standard InChI is InChI=1S/C30H42O13/c1-9-10-21(35)41-19-11-13(2)23(36)26-30(29(8,43-30)27(37)42-26)25(40-17(6)33)22-14(3)18(34)12-20(38-15(4)31)28(22,7)24(19)39-16(5)32/h11,14,18-20,22-26,34,36H,9-10,12H2,1-8H3. The van der Waals surface area contributed by atoms with E-state index in [0.29, 0.717) is 6.42 Å². The molecule has 0 aromatic carbocycles. The fourth-order valence-corrected chi connectivity index (χ4v) is 7.53. The van der Waals surface area contributed by atoms with Crippen LogP contribution in [0.1, 0.15) is 74.7 Å². The van der Waals surface area contributed by atoms with E-state index in [-0.39, 0.29) is 18.4 Å². The van der Waals surface area contributed by atoms with Crippen molar-refractivity contribution in [2.24, 2.45) is 17.3 Å². The first-order valence-electron chi connectivity index (χ1n) is 14.6. The molecule has 2 aliphatic heterocycles. The molecular weight excluding hydrogens is 568 g/mol. The SMILES string of the molecule is CCCC(=O)OC1C=C(C)C(O)C2OC(=O)C3(C)OC23C(OC(C)=O)C2C(C)C(O)CC(OC(C)=O)C2(C)C1OC(C)=O. The van der Waals surface area contributed by atoms with Crippen LogP contribution in [0.25, 0.3) is 0 Å². The Hall–Kier alpha value is -3.03. The Balaban J connectivity index is 2.08. The Bertz CT molecular complexity index is 1210. The largest absolute Gasteiger partial charge is 0.462 e. The van der Waals surface area contributed by atoms with Crippen LogP contribution >= 0.6 is 0 Å². The van der Waals surface area contributed by atoms with Crippen molar-refractivity contribution in [2.45, 2.75) is 129 Å². The van der Waals surface area contributed by atoms with Gasteiger partial charge in [0.2, 0.25) is 0 Å². The molecule has 2 N–H and O–H groups in total. The molecule has 1 spiro atoms. The van der Waals surface area contributed by atoms with Gasteiger partial charge in [-0.15, -0.1) is 0 Å². The van der Waals surface area contributed by atoms with Crippen molar-refractivity contribution in [2.75, 3.05) is 0 Å². The minimum absolute atomic E-state index is 0.0347. The lowest BCUT2D eigenvalue weighted by atomic mass is 9.53. The quantitative estimate of drug-likeness (QED) is 0.190. The highest BCUT2D eigenvalue weighted by Crippen LogP contribution is 2.66. The van der Waals surface area contributed by atoms with Crippen molar-refractivity contribution in [1.29, 1.82) is 0 Å². The van der Waals surface area contributed by atoms with Crippen LogP contribution in [-0.2, 0) is 52.4 Å². The summed E-state index contributed by atoms with van der Waals surface area (Å²) < 4.78 is 35.4. The predicted octanol–water partition coefficient (Wildman–Crippen LogP) is 1.29. The number of carbonyl (C=O) groups is 5. The third-order valence-corrected chi connectivity index (χ3v) is 9.62. The molecular formula is C30H42O13. The van der Waals surface area contributed by atoms with Crippen molar-refractivity contribution >= 4 is 29.8 Å². The molecule has 4 rings (SSSR count). The maximum Gasteiger partial charge on any atom is 0.342 e. The van der Waals surface area contributed by atoms with Gasteiger partial charge in [0.25, 0.3) is 0 Å². The summed E-state index contributed by atoms with van der Waals surface area (Å²) in [4.78, 5) is 64.0. The zero-order valence-electron chi connectivity index (χ0n) is 25.8. The number of hydrogen-bond donors (Lipinski definition) is 2. The molecule has 12 unspecified atom stereocenters. The third-order valence-electron chi connectivity index (χ3n) is 9.62. The average Bonchev–Trinajstić information content (AvgIpc) is 3.47. The van der Waals surface area contributed by atoms with Crippen LogP contribution in [0.15, 0.2) is 11.6 Å². The Morgan fingerprint density at radius 1 is 0.977 bits per heavy atom. The minimum Gasteiger partial charge on any atom is -0.462 e. The van der Waals surface area contributed by atoms with Gasteiger partial charge in [-0.1, -0.05) is 20.8 Å². The molecule has 13 nitrogen and oxygen atoms in total. The van der Waals surface area contributed by atoms with Gasteiger partial charge in [0.1, 0.15) is 18.3 Å². The molecule has 2 aliphatic carbocycles. The lowest BCUT2D eigenvalue weighted by Gasteiger charge is -2.57. The first-order chi connectivity index (χ1) is 19.9. The smallest absolute Gasteiger partial charge is 0.342 e. The fourth-order valence-electron chi connectivity index (χ4n) is 7.53. The number of aliphatic hydroxyl groups is 2. The Kier molecular flexibility index (Phi) is 8.77. The molecule has 2 heterocycles. The Morgan fingerprint density at radius 2 is 1.56 bits per heavy atom. The van der Waals surface area contributed by atoms with Gasteiger partial charge in [0, 0.05) is 39.5 Å². The zero-order chi connectivity index (χ0) is 32.2. The first kappa shape index (κ1) is 32.9. The predicted molar refractivity (Wildman–Crippen MR) is 145 cm³/mol. The van der Waals surface area contributed by atoms with Gasteiger partial charge in [0.05, 0.1) is 11.5 Å². The normalized spacial score (nSPS) is 43.4. The number of aliphatic hydroxyl groups excluding tert-OH is 2. The summed E-state index contributed by atoms with van der Waals surface area (Å²) in [5.41, 5.74) is -4.71. The van der Waals surface area contributed by atoms with Crippen LogP contribution in [0.2, 0.25) is 0 Å². The van der Waals surface area contributed by atoms with Gasteiger partial charge >= 0.3 is 29.8 Å². The molecule has 0 aromatic rings. The molecule has 0 bridgehead atoms. The van der Waals surface area contributed by atoms with E-state index in [0.717, 1.165) is 6.92 Å². The molecule has 3 fully saturated rings. The summed E-state index contributed by atoms with van der Waals surface area (Å²) in [6.45, 7) is 11.6. The van der Waals surface area contributed by atoms with Crippen molar-refractivity contribution in [3.63, 3.8) is 0 Å². The Labute approximate surface area is 250 Å². The van der Waals surface area contributed by atoms with Gasteiger partial charge in [-0.2, -0.15) is 0 Å². The number of rotatable bonds is 6. The topological polar surface area (TPSA) is 184 Å². The third kappa shape index (κ3) is 5.22. The van der Waals surface area contributed by atoms with Crippen molar-refractivity contribution in [3.8, 4) is 0 Å². The maximum absolute atomic E-state index is 13.2. The number of epoxide rings is 1. The van der Waals surface area contributed by atoms with Crippen LogP contribution in [0, 0.1) is 17.3 Å². The summed E-state index contributed by atoms with van der Waals surface area (Å²) in [6, 6.07) is 0. The molecule has 0 amide bonds. The second-order valence-corrected chi connectivity index (χ2v) is 12.5. The number of hydrogen-bond acceptors (Lipinski definition) is 13. The minimum atomic E-state index is -1.73. The molecule has 12 atom stereocenters. The fraction of sp³-hybridized carbons (Fsp3) is 0.767. The molecule has 0 aromatic heterocycles. The Morgan fingerprint density at radius 3 is 2.09 bits per heavy atom. The number of ether oxygens (including phenoxy) is 6. The highest BCUT2D eigenvalue weighted by Gasteiger charge is 2.88. The number of esters is 5. The van der Waals surface area contributed by atoms with Gasteiger partial charge in [-0.3, -0.25) is 19.2 Å². The number of fused-ring (bicyclic) bond motifs is 1. The lowest BCUT2D eigenvalue weighted by molar-refractivity contribution is -0.244. The molecule has 1 saturated carbocycles. The van der Waals surface area contributed by atoms with E-state index in [1.807, 2.05) is 0 Å². The van der Waals surface area contributed by atoms with E-state index in [4.69, 9.17) is 28.4 Å². The summed E-state index contributed by atoms with van der Waals surface area (Å²) in [6.07, 6.45) is -7.47. The average molecular weight is 611 g/mol. The molecule has 13 heteroatoms. The second-order valence-electron chi connectivity index (χ2n) is 12.5. The van der Waals surface area contributed by atoms with Crippen LogP contribution in [0.4, 0.5) is 0 Å². The van der Waals surface area contributed by atoms with Crippen molar-refractivity contribution < 1.29 is 62.6 Å². The highest BCUT2D eigenvalue weighted by molar-refractivity contribution is 5.89. The van der Waals surface area contributed by atoms with E-state index < -0.39 is 101 Å². The van der Waals surface area contributed by atoms with Crippen LogP contribution < -0.4 is 0 Å². The number of carbonyl (C=O) groups excluding carboxylic acids is 5. The summed E-state index contributed by atoms with van der Waals surface area (Å²) >= 11 is 0. The summed E-state index contributed by atoms with van der Waals surface area (Å²) in [5, 5.41) is 22.9. The van der Waals surface area contributed by atoms with Crippen molar-refractivity contribution in [1.82, 2.24) is 0 Å². The zero-order valence-corrected chi connectivity index (χ0v) is 25.8. The summed E-state index contributed by atoms with van der Waals surface area (Å²) in [7, 11) is 0. The van der Waals surface area contributed by atoms with Gasteiger partial charge in [-0.25, -0.2) is 4.79 Å². The molecule has 2 saturated heterocycles. The van der Waals surface area contributed by atoms with E-state index >= 15 is 0 Å². The molecule has 43 heavy (non-hydrogen) atoms. The monoisotopic (exact) mass is 610 g/mol. The maximum atomic E-state index is 13.2. The van der Waals surface area contributed by atoms with Gasteiger partial charge in [-0.05, 0) is 37.8 Å². The molecule has 4 aliphatic rings. The van der Waals surface area contributed by atoms with Crippen LogP contribution in [-0.4, -0.2) is 94.0 Å². The van der Waals surface area contributed by atoms with Gasteiger partial charge < -0.3 is 38.6 Å². The van der Waals surface area contributed by atoms with Crippen LogP contribution in [0.5, 0.6) is 0 Å². The van der Waals surface area contributed by atoms with Crippen molar-refractivity contribution in [3.05, 3.63) is 11.6 Å². The second kappa shape index (κ2) is 11.5.